The summed E-state index contributed by atoms with van der Waals surface area (Å²) in [5, 5.41) is 9.15. The third-order valence-corrected chi connectivity index (χ3v) is 4.25. The summed E-state index contributed by atoms with van der Waals surface area (Å²) >= 11 is 1.59. The highest BCUT2D eigenvalue weighted by Crippen LogP contribution is 2.31. The number of H-pyrrole nitrogens is 1. The molecular formula is C16H18N4O2S. The third-order valence-electron chi connectivity index (χ3n) is 3.39. The molecule has 0 amide bonds. The minimum atomic E-state index is -0.415. The molecule has 0 radical (unpaired) electrons. The molecule has 0 aliphatic rings. The molecule has 3 rings (SSSR count). The number of benzene rings is 1. The van der Waals surface area contributed by atoms with Crippen LogP contribution >= 0.6 is 11.3 Å². The molecule has 0 aliphatic carbocycles. The molecule has 1 atom stereocenters. The van der Waals surface area contributed by atoms with E-state index in [2.05, 4.69) is 15.2 Å². The molecule has 7 heteroatoms. The van der Waals surface area contributed by atoms with Crippen LogP contribution in [0, 0.1) is 0 Å². The highest BCUT2D eigenvalue weighted by molar-refractivity contribution is 7.13. The van der Waals surface area contributed by atoms with Crippen LogP contribution in [0.3, 0.4) is 0 Å². The highest BCUT2D eigenvalue weighted by atomic mass is 32.1. The third kappa shape index (κ3) is 3.20. The van der Waals surface area contributed by atoms with Gasteiger partial charge in [-0.2, -0.15) is 5.10 Å². The molecule has 0 saturated carbocycles. The molecular weight excluding hydrogens is 312 g/mol. The van der Waals surface area contributed by atoms with Crippen molar-refractivity contribution in [1.29, 1.82) is 0 Å². The first-order valence-electron chi connectivity index (χ1n) is 7.25. The zero-order valence-electron chi connectivity index (χ0n) is 12.9. The van der Waals surface area contributed by atoms with Crippen LogP contribution in [0.25, 0.3) is 10.7 Å². The van der Waals surface area contributed by atoms with Gasteiger partial charge in [0.25, 0.3) is 0 Å². The summed E-state index contributed by atoms with van der Waals surface area (Å²) in [4.78, 5) is 5.50. The van der Waals surface area contributed by atoms with Gasteiger partial charge in [0.2, 0.25) is 0 Å². The molecule has 0 saturated heterocycles. The number of nitrogens with one attached hydrogen (secondary N) is 1. The second-order valence-corrected chi connectivity index (χ2v) is 5.79. The van der Waals surface area contributed by atoms with Gasteiger partial charge in [-0.1, -0.05) is 12.1 Å². The van der Waals surface area contributed by atoms with Crippen LogP contribution in [0.4, 0.5) is 0 Å². The maximum Gasteiger partial charge on any atom is 0.191 e. The van der Waals surface area contributed by atoms with Gasteiger partial charge in [0.1, 0.15) is 5.82 Å². The number of methoxy groups -OCH3 is 1. The SMILES string of the molecule is CCOc1cc(C(N)c2nc(-c3cccs3)n[nH]2)ccc1OC. The summed E-state index contributed by atoms with van der Waals surface area (Å²) in [7, 11) is 1.61. The van der Waals surface area contributed by atoms with E-state index in [9.17, 15) is 0 Å². The first-order chi connectivity index (χ1) is 11.2. The number of rotatable bonds is 6. The summed E-state index contributed by atoms with van der Waals surface area (Å²) < 4.78 is 10.9. The van der Waals surface area contributed by atoms with Crippen molar-refractivity contribution < 1.29 is 9.47 Å². The van der Waals surface area contributed by atoms with Crippen molar-refractivity contribution in [3.05, 3.63) is 47.1 Å². The minimum absolute atomic E-state index is 0.415. The average Bonchev–Trinajstić information content (AvgIpc) is 3.25. The van der Waals surface area contributed by atoms with E-state index in [0.717, 1.165) is 10.4 Å². The Kier molecular flexibility index (Phi) is 4.59. The Morgan fingerprint density at radius 3 is 2.87 bits per heavy atom. The zero-order valence-corrected chi connectivity index (χ0v) is 13.8. The lowest BCUT2D eigenvalue weighted by molar-refractivity contribution is 0.310. The molecule has 0 bridgehead atoms. The quantitative estimate of drug-likeness (QED) is 0.725. The summed E-state index contributed by atoms with van der Waals surface area (Å²) in [6, 6.07) is 9.15. The monoisotopic (exact) mass is 330 g/mol. The maximum atomic E-state index is 6.31. The normalized spacial score (nSPS) is 12.1. The van der Waals surface area contributed by atoms with Crippen LogP contribution < -0.4 is 15.2 Å². The molecule has 0 aliphatic heterocycles. The van der Waals surface area contributed by atoms with Crippen LogP contribution in [0.1, 0.15) is 24.4 Å². The van der Waals surface area contributed by atoms with Gasteiger partial charge in [-0.15, -0.1) is 11.3 Å². The van der Waals surface area contributed by atoms with Crippen molar-refractivity contribution in [2.24, 2.45) is 5.73 Å². The van der Waals surface area contributed by atoms with E-state index < -0.39 is 6.04 Å². The van der Waals surface area contributed by atoms with Crippen LogP contribution in [-0.4, -0.2) is 28.9 Å². The number of hydrogen-bond acceptors (Lipinski definition) is 6. The average molecular weight is 330 g/mol. The maximum absolute atomic E-state index is 6.31. The predicted molar refractivity (Wildman–Crippen MR) is 89.9 cm³/mol. The van der Waals surface area contributed by atoms with Crippen molar-refractivity contribution >= 4 is 11.3 Å². The Morgan fingerprint density at radius 1 is 1.30 bits per heavy atom. The first kappa shape index (κ1) is 15.5. The van der Waals surface area contributed by atoms with Gasteiger partial charge in [0.05, 0.1) is 24.6 Å². The molecule has 1 unspecified atom stereocenters. The van der Waals surface area contributed by atoms with Gasteiger partial charge >= 0.3 is 0 Å². The van der Waals surface area contributed by atoms with E-state index in [4.69, 9.17) is 15.2 Å². The predicted octanol–water partition coefficient (Wildman–Crippen LogP) is 2.99. The summed E-state index contributed by atoms with van der Waals surface area (Å²) in [5.74, 6) is 2.62. The molecule has 23 heavy (non-hydrogen) atoms. The van der Waals surface area contributed by atoms with Crippen LogP contribution in [0.15, 0.2) is 35.7 Å². The van der Waals surface area contributed by atoms with Crippen molar-refractivity contribution in [2.75, 3.05) is 13.7 Å². The van der Waals surface area contributed by atoms with Gasteiger partial charge in [0.15, 0.2) is 17.3 Å². The Balaban J connectivity index is 1.88. The lowest BCUT2D eigenvalue weighted by Crippen LogP contribution is -2.14. The van der Waals surface area contributed by atoms with Gasteiger partial charge in [-0.05, 0) is 36.1 Å². The van der Waals surface area contributed by atoms with Crippen LogP contribution in [-0.2, 0) is 0 Å². The van der Waals surface area contributed by atoms with Crippen LogP contribution in [0.5, 0.6) is 11.5 Å². The van der Waals surface area contributed by atoms with Crippen molar-refractivity contribution in [1.82, 2.24) is 15.2 Å². The number of hydrogen-bond donors (Lipinski definition) is 2. The number of nitrogens with zero attached hydrogens (tertiary/aromatic N) is 2. The van der Waals surface area contributed by atoms with E-state index in [-0.39, 0.29) is 0 Å². The Labute approximate surface area is 138 Å². The zero-order chi connectivity index (χ0) is 16.2. The Morgan fingerprint density at radius 2 is 2.17 bits per heavy atom. The van der Waals surface area contributed by atoms with Crippen molar-refractivity contribution in [2.45, 2.75) is 13.0 Å². The van der Waals surface area contributed by atoms with Gasteiger partial charge in [0, 0.05) is 0 Å². The number of ether oxygens (including phenoxy) is 2. The molecule has 3 N–H and O–H groups in total. The number of thiophene rings is 1. The van der Waals surface area contributed by atoms with E-state index >= 15 is 0 Å². The molecule has 120 valence electrons. The molecule has 2 aromatic heterocycles. The number of aromatic amines is 1. The van der Waals surface area contributed by atoms with Crippen LogP contribution in [0.2, 0.25) is 0 Å². The van der Waals surface area contributed by atoms with E-state index in [1.807, 2.05) is 42.6 Å². The molecule has 0 fully saturated rings. The topological polar surface area (TPSA) is 86.0 Å². The second kappa shape index (κ2) is 6.80. The molecule has 6 nitrogen and oxygen atoms in total. The van der Waals surface area contributed by atoms with Gasteiger partial charge < -0.3 is 15.2 Å². The summed E-state index contributed by atoms with van der Waals surface area (Å²) in [5.41, 5.74) is 7.19. The highest BCUT2D eigenvalue weighted by Gasteiger charge is 2.17. The fourth-order valence-electron chi connectivity index (χ4n) is 2.24. The summed E-state index contributed by atoms with van der Waals surface area (Å²) in [6.45, 7) is 2.48. The standard InChI is InChI=1S/C16H18N4O2S/c1-3-22-12-9-10(6-7-11(12)21-2)14(17)16-18-15(19-20-16)13-5-4-8-23-13/h4-9,14H,3,17H2,1-2H3,(H,18,19,20). The fourth-order valence-corrected chi connectivity index (χ4v) is 2.90. The number of nitrogens with two attached hydrogens (primary N) is 1. The largest absolute Gasteiger partial charge is 0.493 e. The molecule has 2 heterocycles. The lowest BCUT2D eigenvalue weighted by atomic mass is 10.1. The second-order valence-electron chi connectivity index (χ2n) is 4.84. The van der Waals surface area contributed by atoms with Gasteiger partial charge in [-0.25, -0.2) is 4.98 Å². The minimum Gasteiger partial charge on any atom is -0.493 e. The molecule has 0 spiro atoms. The Bertz CT molecular complexity index is 770. The van der Waals surface area contributed by atoms with Crippen molar-refractivity contribution in [3.8, 4) is 22.2 Å². The Hall–Kier alpha value is -2.38. The van der Waals surface area contributed by atoms with E-state index in [1.54, 1.807) is 18.4 Å². The van der Waals surface area contributed by atoms with E-state index in [1.165, 1.54) is 0 Å². The first-order valence-corrected chi connectivity index (χ1v) is 8.13. The fraction of sp³-hybridized carbons (Fsp3) is 0.250. The smallest absolute Gasteiger partial charge is 0.191 e. The van der Waals surface area contributed by atoms with Gasteiger partial charge in [-0.3, -0.25) is 5.10 Å². The number of aromatic nitrogens is 3. The molecule has 1 aromatic carbocycles. The van der Waals surface area contributed by atoms with Crippen molar-refractivity contribution in [3.63, 3.8) is 0 Å². The lowest BCUT2D eigenvalue weighted by Gasteiger charge is -2.14. The summed E-state index contributed by atoms with van der Waals surface area (Å²) in [6.07, 6.45) is 0. The van der Waals surface area contributed by atoms with E-state index in [0.29, 0.717) is 29.8 Å². The molecule has 3 aromatic rings.